The minimum absolute atomic E-state index is 0.101. The second-order valence-corrected chi connectivity index (χ2v) is 43.4. The lowest BCUT2D eigenvalue weighted by Gasteiger charge is -2.19. The summed E-state index contributed by atoms with van der Waals surface area (Å²) in [6.45, 7) is 15.3. The number of rotatable bonds is 17. The molecule has 32 heteroatoms. The number of aromatic nitrogens is 8. The molecule has 27 nitrogen and oxygen atoms in total. The van der Waals surface area contributed by atoms with Crippen LogP contribution in [0.5, 0.6) is 0 Å². The maximum atomic E-state index is 12.1. The molecule has 0 bridgehead atoms. The van der Waals surface area contributed by atoms with Crippen molar-refractivity contribution < 1.29 is 54.4 Å². The molecule has 0 saturated carbocycles. The third kappa shape index (κ3) is 21.4. The predicted octanol–water partition coefficient (Wildman–Crippen LogP) is 1.23. The van der Waals surface area contributed by atoms with Crippen molar-refractivity contribution in [1.29, 1.82) is 0 Å². The second-order valence-electron chi connectivity index (χ2n) is 25.1. The zero-order valence-corrected chi connectivity index (χ0v) is 56.3. The van der Waals surface area contributed by atoms with Gasteiger partial charge in [-0.2, -0.15) is 19.9 Å². The van der Waals surface area contributed by atoms with Gasteiger partial charge in [0.1, 0.15) is 53.9 Å². The molecule has 8 rings (SSSR count). The molecule has 4 fully saturated rings. The van der Waals surface area contributed by atoms with Crippen LogP contribution >= 0.6 is 43.5 Å². The number of amides is 1. The van der Waals surface area contributed by atoms with Crippen molar-refractivity contribution in [2.75, 3.05) is 100 Å². The molecule has 0 aromatic carbocycles. The number of nitrogens with one attached hydrogen (secondary N) is 1. The molecule has 488 valence electrons. The van der Waals surface area contributed by atoms with Crippen molar-refractivity contribution in [2.24, 2.45) is 5.92 Å². The Morgan fingerprint density at radius 2 is 0.782 bits per heavy atom. The van der Waals surface area contributed by atoms with Crippen molar-refractivity contribution in [3.63, 3.8) is 0 Å². The first-order chi connectivity index (χ1) is 40.1. The molecule has 16 atom stereocenters. The first-order valence-corrected chi connectivity index (χ1v) is 41.2. The standard InChI is InChI=1S/C15H24N3O5P.C14H24N3O3P.C13H21BrN3O3P.C13H22N3O4P/c1-9(19)16-11-5-7-18(15(22)17-11)14-13(21)12(20)10(23-14)6-8-24(2,3)4;1-9-12(18)10(6-8-21(2,3)4)20-13(9)17-7-5-11(15)16-14(17)19;1-21(2,3)7-5-8-11(18)10(14)12(20-8)17-6-4-9(15)16-13(17)19;1-21(2,3)7-5-8-10(17)11(18)12(20-8)16-6-4-9(14)15-13(16)19/h5,7,10,12-14,20-21H,2,6,8H2,1,3-4H3,(H,16,17,19,22);5,7,9-10,12-13,18H,2,6,8H2,1,3-4H3,(H2,15,16,19);4,6,8,10-12,18H,1,5,7H2,2-3H3,(H2,15,16,19);4,6,8,10-12,17-18H,1,5,7H2,2-3H3,(H2,14,15,19)/t10-,12-,13-,14-;9-,10-,12+,13-;2*8-,10-,11-,12-/m1111/s1. The number of hydrogen-bond donors (Lipinski definition) is 10. The quantitative estimate of drug-likeness (QED) is 0.0525. The molecule has 87 heavy (non-hydrogen) atoms. The molecule has 0 radical (unpaired) electrons. The van der Waals surface area contributed by atoms with E-state index in [-0.39, 0.29) is 52.1 Å². The highest BCUT2D eigenvalue weighted by Crippen LogP contribution is 2.44. The minimum Gasteiger partial charge on any atom is -0.390 e. The molecule has 13 N–H and O–H groups in total. The Kier molecular flexibility index (Phi) is 25.9. The number of nitrogen functional groups attached to an aromatic ring is 3. The minimum atomic E-state index is -1.28. The van der Waals surface area contributed by atoms with Gasteiger partial charge in [-0.25, -0.2) is 19.2 Å². The molecular formula is C55H91BrN12O15P4. The van der Waals surface area contributed by atoms with Crippen LogP contribution in [-0.4, -0.2) is 244 Å². The third-order valence-electron chi connectivity index (χ3n) is 14.5. The van der Waals surface area contributed by atoms with Crippen LogP contribution in [0.4, 0.5) is 23.3 Å². The molecule has 0 unspecified atom stereocenters. The zero-order valence-electron chi connectivity index (χ0n) is 51.2. The summed E-state index contributed by atoms with van der Waals surface area (Å²) in [5.74, 6) is 0.0564. The second kappa shape index (κ2) is 30.7. The molecular weight excluding hydrogens is 1270 g/mol. The first kappa shape index (κ1) is 73.4. The van der Waals surface area contributed by atoms with Gasteiger partial charge >= 0.3 is 22.8 Å². The fourth-order valence-corrected chi connectivity index (χ4v) is 14.2. The van der Waals surface area contributed by atoms with Crippen LogP contribution in [0.1, 0.15) is 64.4 Å². The molecule has 4 saturated heterocycles. The Hall–Kier alpha value is -4.33. The van der Waals surface area contributed by atoms with Crippen molar-refractivity contribution in [1.82, 2.24) is 38.2 Å². The maximum Gasteiger partial charge on any atom is 0.351 e. The summed E-state index contributed by atoms with van der Waals surface area (Å²) in [7, 11) is 0. The number of halogens is 1. The van der Waals surface area contributed by atoms with Gasteiger partial charge in [-0.1, -0.05) is 22.9 Å². The SMILES string of the molecule is C=P(C)(C)CC[C@H]1O[C@@H](n2ccc(N)nc2=O)[C@H](Br)[C@@H]1O.C=P(C)(C)CC[C@H]1O[C@@H](n2ccc(N)nc2=O)[C@H](C)[C@@H]1O.C=P(C)(C)CC[C@H]1O[C@@H](n2ccc(N)nc2=O)[C@H](O)[C@@H]1O.C=P(C)(C)CC[C@H]1O[C@@H](n2ccc(NC(C)=O)nc2=O)[C@H](O)[C@@H]1O. The van der Waals surface area contributed by atoms with Gasteiger partial charge in [0.05, 0.1) is 41.5 Å². The molecule has 4 aromatic heterocycles. The molecule has 8 heterocycles. The Morgan fingerprint density at radius 1 is 0.494 bits per heavy atom. The van der Waals surface area contributed by atoms with Crippen LogP contribution < -0.4 is 45.3 Å². The molecule has 0 aliphatic carbocycles. The van der Waals surface area contributed by atoms with Gasteiger partial charge in [0, 0.05) is 37.6 Å². The molecule has 4 aliphatic rings. The van der Waals surface area contributed by atoms with E-state index in [4.69, 9.17) is 36.1 Å². The van der Waals surface area contributed by atoms with Gasteiger partial charge in [-0.15, -0.1) is 52.7 Å². The van der Waals surface area contributed by atoms with Crippen molar-refractivity contribution in [2.45, 2.75) is 130 Å². The average Bonchev–Trinajstić information content (AvgIpc) is 1.85. The van der Waals surface area contributed by atoms with E-state index in [1.54, 1.807) is 12.3 Å². The van der Waals surface area contributed by atoms with Crippen LogP contribution in [0.2, 0.25) is 0 Å². The van der Waals surface area contributed by atoms with Crippen LogP contribution in [0.25, 0.3) is 0 Å². The lowest BCUT2D eigenvalue weighted by Crippen LogP contribution is -2.35. The highest BCUT2D eigenvalue weighted by molar-refractivity contribution is 9.09. The van der Waals surface area contributed by atoms with E-state index in [0.717, 1.165) is 46.6 Å². The Bertz CT molecular complexity index is 3180. The molecule has 0 spiro atoms. The Labute approximate surface area is 515 Å². The first-order valence-electron chi connectivity index (χ1n) is 28.1. The van der Waals surface area contributed by atoms with Crippen LogP contribution in [0.3, 0.4) is 0 Å². The van der Waals surface area contributed by atoms with Gasteiger partial charge in [-0.05, 0) is 128 Å². The van der Waals surface area contributed by atoms with Gasteiger partial charge in [0.2, 0.25) is 5.91 Å². The van der Waals surface area contributed by atoms with Crippen molar-refractivity contribution >= 4 is 97.9 Å². The summed E-state index contributed by atoms with van der Waals surface area (Å²) < 4.78 is 28.1. The van der Waals surface area contributed by atoms with E-state index in [9.17, 15) is 54.6 Å². The number of carbonyl (C=O) groups is 1. The molecule has 4 aliphatic heterocycles. The van der Waals surface area contributed by atoms with Gasteiger partial charge < -0.3 is 72.1 Å². The fraction of sp³-hybridized carbons (Fsp3) is 0.618. The van der Waals surface area contributed by atoms with E-state index in [1.807, 2.05) is 6.92 Å². The third-order valence-corrected chi connectivity index (χ3v) is 21.4. The average molecular weight is 1360 g/mol. The summed E-state index contributed by atoms with van der Waals surface area (Å²) in [4.78, 5) is 73.0. The smallest absolute Gasteiger partial charge is 0.351 e. The summed E-state index contributed by atoms with van der Waals surface area (Å²) in [6, 6.07) is 5.97. The lowest BCUT2D eigenvalue weighted by atomic mass is 10.0. The van der Waals surface area contributed by atoms with Gasteiger partial charge in [-0.3, -0.25) is 23.1 Å². The lowest BCUT2D eigenvalue weighted by molar-refractivity contribution is -0.114. The number of nitrogens with zero attached hydrogens (tertiary/aromatic N) is 8. The number of anilines is 4. The highest BCUT2D eigenvalue weighted by Gasteiger charge is 2.47. The number of nitrogens with two attached hydrogens (primary N) is 3. The number of ether oxygens (including phenoxy) is 4. The van der Waals surface area contributed by atoms with Crippen molar-refractivity contribution in [3.8, 4) is 0 Å². The zero-order chi connectivity index (χ0) is 65.4. The number of aliphatic hydroxyl groups is 6. The van der Waals surface area contributed by atoms with E-state index < -0.39 is 124 Å². The normalized spacial score (nSPS) is 29.0. The summed E-state index contributed by atoms with van der Waals surface area (Å²) in [5, 5.41) is 63.6. The van der Waals surface area contributed by atoms with Gasteiger partial charge in [0.15, 0.2) is 18.7 Å². The van der Waals surface area contributed by atoms with Crippen LogP contribution in [0, 0.1) is 5.92 Å². The van der Waals surface area contributed by atoms with Crippen molar-refractivity contribution in [3.05, 3.63) is 91.0 Å². The number of aliphatic hydroxyl groups excluding tert-OH is 6. The summed E-state index contributed by atoms with van der Waals surface area (Å²) in [5.41, 5.74) is 14.2. The Morgan fingerprint density at radius 3 is 1.11 bits per heavy atom. The van der Waals surface area contributed by atoms with Crippen LogP contribution in [-0.2, 0) is 23.7 Å². The highest BCUT2D eigenvalue weighted by atomic mass is 79.9. The number of alkyl halides is 1. The van der Waals surface area contributed by atoms with Gasteiger partial charge in [0.25, 0.3) is 0 Å². The van der Waals surface area contributed by atoms with E-state index >= 15 is 0 Å². The summed E-state index contributed by atoms with van der Waals surface area (Å²) >= 11 is 3.42. The van der Waals surface area contributed by atoms with E-state index in [1.165, 1.54) is 52.8 Å². The van der Waals surface area contributed by atoms with E-state index in [0.29, 0.717) is 12.8 Å². The fourth-order valence-electron chi connectivity index (χ4n) is 9.63. The topological polar surface area (TPSA) is 405 Å². The molecule has 4 aromatic rings. The predicted molar refractivity (Wildman–Crippen MR) is 357 cm³/mol. The number of carbonyl (C=O) groups excluding carboxylic acids is 1. The maximum absolute atomic E-state index is 12.1. The summed E-state index contributed by atoms with van der Waals surface area (Å²) in [6.07, 6.45) is 18.1. The number of hydrogen-bond acceptors (Lipinski definition) is 22. The Balaban J connectivity index is 0.000000212. The largest absolute Gasteiger partial charge is 0.390 e. The van der Waals surface area contributed by atoms with E-state index in [2.05, 4.69) is 120 Å². The van der Waals surface area contributed by atoms with Crippen LogP contribution in [0.15, 0.2) is 68.2 Å². The molecule has 1 amide bonds. The monoisotopic (exact) mass is 1360 g/mol.